The largest absolute Gasteiger partial charge is 0.325 e. The number of carbonyl (C=O) groups is 1. The first-order chi connectivity index (χ1) is 12.2. The van der Waals surface area contributed by atoms with Gasteiger partial charge in [0.15, 0.2) is 0 Å². The Bertz CT molecular complexity index is 546. The molecule has 0 saturated carbocycles. The molecule has 1 N–H and O–H groups in total. The maximum absolute atomic E-state index is 12.7. The van der Waals surface area contributed by atoms with Crippen LogP contribution in [-0.4, -0.2) is 47.9 Å². The van der Waals surface area contributed by atoms with E-state index in [1.807, 2.05) is 13.0 Å². The normalized spacial score (nSPS) is 21.5. The van der Waals surface area contributed by atoms with Crippen molar-refractivity contribution in [2.24, 2.45) is 0 Å². The standard InChI is InChI=1S/C21H33N3O/c1-18(24-14-7-2-3-8-15-24)21(25)22-20-11-9-10-19(16-20)17-23-12-5-4-6-13-23/h9-11,16,18H,2-8,12-15,17H2,1H3,(H,22,25). The van der Waals surface area contributed by atoms with Gasteiger partial charge in [0.25, 0.3) is 0 Å². The van der Waals surface area contributed by atoms with E-state index in [9.17, 15) is 4.79 Å². The SMILES string of the molecule is CC(C(=O)Nc1cccc(CN2CCCCC2)c1)N1CCCCCC1. The molecule has 0 aliphatic carbocycles. The number of hydrogen-bond acceptors (Lipinski definition) is 3. The van der Waals surface area contributed by atoms with E-state index in [0.717, 1.165) is 25.3 Å². The van der Waals surface area contributed by atoms with E-state index in [2.05, 4.69) is 33.3 Å². The third-order valence-electron chi connectivity index (χ3n) is 5.62. The molecule has 1 aromatic rings. The Kier molecular flexibility index (Phi) is 6.88. The van der Waals surface area contributed by atoms with Gasteiger partial charge >= 0.3 is 0 Å². The maximum atomic E-state index is 12.7. The summed E-state index contributed by atoms with van der Waals surface area (Å²) >= 11 is 0. The number of nitrogens with one attached hydrogen (secondary N) is 1. The van der Waals surface area contributed by atoms with Gasteiger partial charge in [0.1, 0.15) is 0 Å². The lowest BCUT2D eigenvalue weighted by molar-refractivity contribution is -0.120. The van der Waals surface area contributed by atoms with Crippen LogP contribution in [-0.2, 0) is 11.3 Å². The summed E-state index contributed by atoms with van der Waals surface area (Å²) in [5, 5.41) is 3.14. The fraction of sp³-hybridized carbons (Fsp3) is 0.667. The Morgan fingerprint density at radius 1 is 1.00 bits per heavy atom. The molecule has 138 valence electrons. The molecule has 0 aromatic heterocycles. The van der Waals surface area contributed by atoms with E-state index < -0.39 is 0 Å². The molecule has 1 aromatic carbocycles. The van der Waals surface area contributed by atoms with Gasteiger partial charge in [-0.1, -0.05) is 31.4 Å². The minimum Gasteiger partial charge on any atom is -0.325 e. The van der Waals surface area contributed by atoms with Crippen LogP contribution in [0.15, 0.2) is 24.3 Å². The summed E-state index contributed by atoms with van der Waals surface area (Å²) in [5.74, 6) is 0.122. The number of rotatable bonds is 5. The Hall–Kier alpha value is -1.39. The van der Waals surface area contributed by atoms with Crippen LogP contribution in [0.4, 0.5) is 5.69 Å². The fourth-order valence-corrected chi connectivity index (χ4v) is 4.02. The molecule has 3 rings (SSSR count). The number of benzene rings is 1. The van der Waals surface area contributed by atoms with E-state index in [1.165, 1.54) is 63.6 Å². The topological polar surface area (TPSA) is 35.6 Å². The predicted octanol–water partition coefficient (Wildman–Crippen LogP) is 3.88. The molecule has 4 heteroatoms. The molecule has 2 aliphatic heterocycles. The van der Waals surface area contributed by atoms with Crippen molar-refractivity contribution in [1.29, 1.82) is 0 Å². The highest BCUT2D eigenvalue weighted by molar-refractivity contribution is 5.94. The zero-order valence-electron chi connectivity index (χ0n) is 15.7. The molecule has 4 nitrogen and oxygen atoms in total. The van der Waals surface area contributed by atoms with Gasteiger partial charge in [-0.3, -0.25) is 14.6 Å². The van der Waals surface area contributed by atoms with Crippen LogP contribution in [0, 0.1) is 0 Å². The van der Waals surface area contributed by atoms with Gasteiger partial charge in [0.05, 0.1) is 6.04 Å². The van der Waals surface area contributed by atoms with Crippen molar-refractivity contribution in [3.8, 4) is 0 Å². The summed E-state index contributed by atoms with van der Waals surface area (Å²) in [4.78, 5) is 17.5. The van der Waals surface area contributed by atoms with Gasteiger partial charge < -0.3 is 5.32 Å². The number of hydrogen-bond donors (Lipinski definition) is 1. The minimum atomic E-state index is -0.0520. The van der Waals surface area contributed by atoms with Crippen LogP contribution in [0.5, 0.6) is 0 Å². The summed E-state index contributed by atoms with van der Waals surface area (Å²) in [6, 6.07) is 8.33. The summed E-state index contributed by atoms with van der Waals surface area (Å²) in [7, 11) is 0. The molecule has 1 amide bonds. The number of likely N-dealkylation sites (tertiary alicyclic amines) is 2. The average Bonchev–Trinajstić information content (AvgIpc) is 2.91. The summed E-state index contributed by atoms with van der Waals surface area (Å²) in [6.07, 6.45) is 8.99. The number of carbonyl (C=O) groups excluding carboxylic acids is 1. The monoisotopic (exact) mass is 343 g/mol. The van der Waals surface area contributed by atoms with Crippen LogP contribution >= 0.6 is 0 Å². The van der Waals surface area contributed by atoms with Crippen molar-refractivity contribution >= 4 is 11.6 Å². The molecule has 1 unspecified atom stereocenters. The van der Waals surface area contributed by atoms with E-state index in [1.54, 1.807) is 0 Å². The van der Waals surface area contributed by atoms with Gasteiger partial charge in [-0.2, -0.15) is 0 Å². The van der Waals surface area contributed by atoms with Crippen molar-refractivity contribution in [2.45, 2.75) is 64.5 Å². The average molecular weight is 344 g/mol. The minimum absolute atomic E-state index is 0.0520. The Balaban J connectivity index is 1.56. The zero-order chi connectivity index (χ0) is 17.5. The van der Waals surface area contributed by atoms with Crippen molar-refractivity contribution in [2.75, 3.05) is 31.5 Å². The summed E-state index contributed by atoms with van der Waals surface area (Å²) < 4.78 is 0. The molecule has 2 aliphatic rings. The van der Waals surface area contributed by atoms with Gasteiger partial charge in [-0.15, -0.1) is 0 Å². The van der Waals surface area contributed by atoms with Crippen molar-refractivity contribution < 1.29 is 4.79 Å². The molecule has 2 fully saturated rings. The number of amides is 1. The quantitative estimate of drug-likeness (QED) is 0.881. The van der Waals surface area contributed by atoms with Crippen molar-refractivity contribution in [3.05, 3.63) is 29.8 Å². The second-order valence-corrected chi connectivity index (χ2v) is 7.65. The fourth-order valence-electron chi connectivity index (χ4n) is 4.02. The van der Waals surface area contributed by atoms with Crippen LogP contribution in [0.25, 0.3) is 0 Å². The van der Waals surface area contributed by atoms with E-state index >= 15 is 0 Å². The number of piperidine rings is 1. The highest BCUT2D eigenvalue weighted by atomic mass is 16.2. The number of nitrogens with zero attached hydrogens (tertiary/aromatic N) is 2. The van der Waals surface area contributed by atoms with Crippen LogP contribution < -0.4 is 5.32 Å². The van der Waals surface area contributed by atoms with Crippen LogP contribution in [0.3, 0.4) is 0 Å². The molecule has 25 heavy (non-hydrogen) atoms. The first-order valence-electron chi connectivity index (χ1n) is 10.1. The first-order valence-corrected chi connectivity index (χ1v) is 10.1. The lowest BCUT2D eigenvalue weighted by Gasteiger charge is -2.27. The summed E-state index contributed by atoms with van der Waals surface area (Å²) in [6.45, 7) is 7.52. The second-order valence-electron chi connectivity index (χ2n) is 7.65. The molecule has 0 bridgehead atoms. The first kappa shape index (κ1) is 18.4. The van der Waals surface area contributed by atoms with Crippen molar-refractivity contribution in [3.63, 3.8) is 0 Å². The second kappa shape index (κ2) is 9.35. The van der Waals surface area contributed by atoms with E-state index in [-0.39, 0.29) is 11.9 Å². The van der Waals surface area contributed by atoms with Crippen LogP contribution in [0.2, 0.25) is 0 Å². The predicted molar refractivity (Wildman–Crippen MR) is 104 cm³/mol. The molecule has 2 heterocycles. The molecule has 0 spiro atoms. The van der Waals surface area contributed by atoms with Crippen LogP contribution in [0.1, 0.15) is 57.4 Å². The van der Waals surface area contributed by atoms with E-state index in [0.29, 0.717) is 0 Å². The molecular weight excluding hydrogens is 310 g/mol. The van der Waals surface area contributed by atoms with Crippen molar-refractivity contribution in [1.82, 2.24) is 9.80 Å². The van der Waals surface area contributed by atoms with E-state index in [4.69, 9.17) is 0 Å². The molecule has 0 radical (unpaired) electrons. The zero-order valence-corrected chi connectivity index (χ0v) is 15.7. The number of anilines is 1. The van der Waals surface area contributed by atoms with Gasteiger partial charge in [-0.25, -0.2) is 0 Å². The molecule has 2 saturated heterocycles. The Morgan fingerprint density at radius 2 is 1.64 bits per heavy atom. The Morgan fingerprint density at radius 3 is 2.36 bits per heavy atom. The lowest BCUT2D eigenvalue weighted by Crippen LogP contribution is -2.42. The maximum Gasteiger partial charge on any atom is 0.241 e. The van der Waals surface area contributed by atoms with Gasteiger partial charge in [-0.05, 0) is 76.5 Å². The molecule has 1 atom stereocenters. The molecular formula is C21H33N3O. The highest BCUT2D eigenvalue weighted by Crippen LogP contribution is 2.18. The Labute approximate surface area is 152 Å². The van der Waals surface area contributed by atoms with Gasteiger partial charge in [0, 0.05) is 12.2 Å². The lowest BCUT2D eigenvalue weighted by atomic mass is 10.1. The van der Waals surface area contributed by atoms with Gasteiger partial charge in [0.2, 0.25) is 5.91 Å². The highest BCUT2D eigenvalue weighted by Gasteiger charge is 2.22. The third kappa shape index (κ3) is 5.55. The third-order valence-corrected chi connectivity index (χ3v) is 5.62. The smallest absolute Gasteiger partial charge is 0.241 e. The summed E-state index contributed by atoms with van der Waals surface area (Å²) in [5.41, 5.74) is 2.23.